The lowest BCUT2D eigenvalue weighted by atomic mass is 9.92. The summed E-state index contributed by atoms with van der Waals surface area (Å²) in [5, 5.41) is 9.74. The zero-order chi connectivity index (χ0) is 13.2. The van der Waals surface area contributed by atoms with Crippen molar-refractivity contribution in [1.29, 1.82) is 0 Å². The molecule has 6 nitrogen and oxygen atoms in total. The highest BCUT2D eigenvalue weighted by Gasteiger charge is 2.30. The first kappa shape index (κ1) is 13.0. The van der Waals surface area contributed by atoms with Crippen molar-refractivity contribution in [2.45, 2.75) is 45.1 Å². The van der Waals surface area contributed by atoms with E-state index in [-0.39, 0.29) is 23.2 Å². The minimum Gasteiger partial charge on any atom is -0.381 e. The Balaban J connectivity index is 2.02. The first-order valence-electron chi connectivity index (χ1n) is 6.33. The third-order valence-electron chi connectivity index (χ3n) is 3.26. The van der Waals surface area contributed by atoms with Crippen molar-refractivity contribution >= 4 is 5.91 Å². The molecular formula is C12H20N4O2. The number of hydrogen-bond acceptors (Lipinski definition) is 4. The smallest absolute Gasteiger partial charge is 0.291 e. The van der Waals surface area contributed by atoms with Crippen LogP contribution in [-0.4, -0.2) is 39.8 Å². The standard InChI is InChI=1S/C12H20N4O2/c1-8(2)9-13-10(16-15-9)11(17)14-12(3)4-6-18-7-5-12/h8H,4-7H2,1-3H3,(H,14,17)(H,13,15,16). The van der Waals surface area contributed by atoms with Crippen LogP contribution in [0.5, 0.6) is 0 Å². The number of amides is 1. The zero-order valence-corrected chi connectivity index (χ0v) is 11.1. The summed E-state index contributed by atoms with van der Waals surface area (Å²) in [6.45, 7) is 7.40. The Hall–Kier alpha value is -1.43. The number of H-pyrrole nitrogens is 1. The Morgan fingerprint density at radius 3 is 2.67 bits per heavy atom. The van der Waals surface area contributed by atoms with Crippen LogP contribution in [0.2, 0.25) is 0 Å². The van der Waals surface area contributed by atoms with Crippen LogP contribution >= 0.6 is 0 Å². The van der Waals surface area contributed by atoms with E-state index >= 15 is 0 Å². The van der Waals surface area contributed by atoms with Gasteiger partial charge in [0.2, 0.25) is 5.82 Å². The molecule has 0 radical (unpaired) electrons. The van der Waals surface area contributed by atoms with E-state index in [1.807, 2.05) is 20.8 Å². The summed E-state index contributed by atoms with van der Waals surface area (Å²) in [4.78, 5) is 16.3. The maximum atomic E-state index is 12.1. The second-order valence-electron chi connectivity index (χ2n) is 5.33. The van der Waals surface area contributed by atoms with Crippen LogP contribution in [0.3, 0.4) is 0 Å². The van der Waals surface area contributed by atoms with Crippen LogP contribution in [0, 0.1) is 0 Å². The van der Waals surface area contributed by atoms with Crippen molar-refractivity contribution in [3.05, 3.63) is 11.6 Å². The molecule has 0 bridgehead atoms. The maximum Gasteiger partial charge on any atom is 0.291 e. The van der Waals surface area contributed by atoms with Crippen molar-refractivity contribution in [3.63, 3.8) is 0 Å². The van der Waals surface area contributed by atoms with Gasteiger partial charge in [-0.05, 0) is 19.8 Å². The number of carbonyl (C=O) groups is 1. The summed E-state index contributed by atoms with van der Waals surface area (Å²) in [6, 6.07) is 0. The van der Waals surface area contributed by atoms with E-state index in [1.165, 1.54) is 0 Å². The van der Waals surface area contributed by atoms with Gasteiger partial charge in [0.1, 0.15) is 5.82 Å². The quantitative estimate of drug-likeness (QED) is 0.847. The van der Waals surface area contributed by atoms with Crippen LogP contribution in [0.1, 0.15) is 56.0 Å². The Bertz CT molecular complexity index is 421. The second-order valence-corrected chi connectivity index (χ2v) is 5.33. The van der Waals surface area contributed by atoms with Gasteiger partial charge in [-0.15, -0.1) is 5.10 Å². The first-order chi connectivity index (χ1) is 8.50. The maximum absolute atomic E-state index is 12.1. The lowest BCUT2D eigenvalue weighted by molar-refractivity contribution is 0.0419. The van der Waals surface area contributed by atoms with Crippen molar-refractivity contribution in [2.24, 2.45) is 0 Å². The van der Waals surface area contributed by atoms with Crippen molar-refractivity contribution in [2.75, 3.05) is 13.2 Å². The second kappa shape index (κ2) is 5.06. The molecule has 1 saturated heterocycles. The number of aromatic amines is 1. The molecule has 0 unspecified atom stereocenters. The molecule has 1 fully saturated rings. The molecular weight excluding hydrogens is 232 g/mol. The average Bonchev–Trinajstić information content (AvgIpc) is 2.78. The highest BCUT2D eigenvalue weighted by molar-refractivity contribution is 5.90. The van der Waals surface area contributed by atoms with E-state index in [2.05, 4.69) is 20.5 Å². The normalized spacial score (nSPS) is 18.9. The van der Waals surface area contributed by atoms with E-state index in [1.54, 1.807) is 0 Å². The van der Waals surface area contributed by atoms with Crippen molar-refractivity contribution < 1.29 is 9.53 Å². The fourth-order valence-electron chi connectivity index (χ4n) is 1.91. The van der Waals surface area contributed by atoms with Crippen LogP contribution in [-0.2, 0) is 4.74 Å². The SMILES string of the molecule is CC(C)c1nc(C(=O)NC2(C)CCOCC2)n[nH]1. The van der Waals surface area contributed by atoms with Gasteiger partial charge in [0.05, 0.1) is 0 Å². The molecule has 1 amide bonds. The lowest BCUT2D eigenvalue weighted by Gasteiger charge is -2.33. The number of nitrogens with one attached hydrogen (secondary N) is 2. The third-order valence-corrected chi connectivity index (χ3v) is 3.26. The molecule has 2 N–H and O–H groups in total. The molecule has 2 heterocycles. The van der Waals surface area contributed by atoms with E-state index in [0.717, 1.165) is 18.7 Å². The van der Waals surface area contributed by atoms with Crippen LogP contribution < -0.4 is 5.32 Å². The third kappa shape index (κ3) is 2.87. The summed E-state index contributed by atoms with van der Waals surface area (Å²) < 4.78 is 5.30. The molecule has 6 heteroatoms. The minimum absolute atomic E-state index is 0.214. The number of ether oxygens (including phenoxy) is 1. The highest BCUT2D eigenvalue weighted by atomic mass is 16.5. The number of aromatic nitrogens is 3. The van der Waals surface area contributed by atoms with Crippen molar-refractivity contribution in [1.82, 2.24) is 20.5 Å². The summed E-state index contributed by atoms with van der Waals surface area (Å²) in [7, 11) is 0. The molecule has 1 aromatic rings. The number of hydrogen-bond donors (Lipinski definition) is 2. The van der Waals surface area contributed by atoms with Gasteiger partial charge in [-0.25, -0.2) is 4.98 Å². The lowest BCUT2D eigenvalue weighted by Crippen LogP contribution is -2.49. The summed E-state index contributed by atoms with van der Waals surface area (Å²) >= 11 is 0. The van der Waals surface area contributed by atoms with Gasteiger partial charge in [0, 0.05) is 24.7 Å². The van der Waals surface area contributed by atoms with Gasteiger partial charge in [-0.1, -0.05) is 13.8 Å². The van der Waals surface area contributed by atoms with Crippen LogP contribution in [0.25, 0.3) is 0 Å². The molecule has 0 saturated carbocycles. The van der Waals surface area contributed by atoms with E-state index in [4.69, 9.17) is 4.74 Å². The van der Waals surface area contributed by atoms with Gasteiger partial charge in [0.25, 0.3) is 5.91 Å². The van der Waals surface area contributed by atoms with E-state index in [0.29, 0.717) is 13.2 Å². The Morgan fingerprint density at radius 2 is 2.11 bits per heavy atom. The first-order valence-corrected chi connectivity index (χ1v) is 6.33. The monoisotopic (exact) mass is 252 g/mol. The molecule has 18 heavy (non-hydrogen) atoms. The molecule has 1 aromatic heterocycles. The summed E-state index contributed by atoms with van der Waals surface area (Å²) in [6.07, 6.45) is 1.64. The predicted octanol–water partition coefficient (Wildman–Crippen LogP) is 1.23. The van der Waals surface area contributed by atoms with Gasteiger partial charge in [-0.2, -0.15) is 0 Å². The molecule has 0 spiro atoms. The van der Waals surface area contributed by atoms with Crippen LogP contribution in [0.4, 0.5) is 0 Å². The van der Waals surface area contributed by atoms with Gasteiger partial charge in [0.15, 0.2) is 0 Å². The van der Waals surface area contributed by atoms with Gasteiger partial charge < -0.3 is 10.1 Å². The minimum atomic E-state index is -0.220. The van der Waals surface area contributed by atoms with Gasteiger partial charge in [-0.3, -0.25) is 9.89 Å². The Labute approximate surface area is 107 Å². The Kier molecular flexibility index (Phi) is 3.65. The van der Waals surface area contributed by atoms with Crippen molar-refractivity contribution in [3.8, 4) is 0 Å². The Morgan fingerprint density at radius 1 is 1.44 bits per heavy atom. The van der Waals surface area contributed by atoms with Crippen LogP contribution in [0.15, 0.2) is 0 Å². The fraction of sp³-hybridized carbons (Fsp3) is 0.750. The molecule has 1 aliphatic rings. The number of nitrogens with zero attached hydrogens (tertiary/aromatic N) is 2. The zero-order valence-electron chi connectivity index (χ0n) is 11.1. The van der Waals surface area contributed by atoms with Gasteiger partial charge >= 0.3 is 0 Å². The summed E-state index contributed by atoms with van der Waals surface area (Å²) in [5.41, 5.74) is -0.214. The highest BCUT2D eigenvalue weighted by Crippen LogP contribution is 2.20. The molecule has 1 aliphatic heterocycles. The van der Waals surface area contributed by atoms with E-state index in [9.17, 15) is 4.79 Å². The molecule has 0 aliphatic carbocycles. The largest absolute Gasteiger partial charge is 0.381 e. The molecule has 0 atom stereocenters. The molecule has 100 valence electrons. The number of rotatable bonds is 3. The fourth-order valence-corrected chi connectivity index (χ4v) is 1.91. The molecule has 2 rings (SSSR count). The molecule has 0 aromatic carbocycles. The average molecular weight is 252 g/mol. The number of carbonyl (C=O) groups excluding carboxylic acids is 1. The van der Waals surface area contributed by atoms with E-state index < -0.39 is 0 Å². The predicted molar refractivity (Wildman–Crippen MR) is 66.4 cm³/mol. The summed E-state index contributed by atoms with van der Waals surface area (Å²) in [5.74, 6) is 0.962. The topological polar surface area (TPSA) is 79.9 Å².